The number of amides is 2. The van der Waals surface area contributed by atoms with E-state index in [-0.39, 0.29) is 23.6 Å². The number of H-pyrrole nitrogens is 1. The summed E-state index contributed by atoms with van der Waals surface area (Å²) in [6, 6.07) is 7.28. The number of carbonyl (C=O) groups excluding carboxylic acids is 1. The maximum Gasteiger partial charge on any atom is 0.417 e. The molecule has 2 N–H and O–H groups in total. The quantitative estimate of drug-likeness (QED) is 0.496. The first-order valence-corrected chi connectivity index (χ1v) is 11.5. The van der Waals surface area contributed by atoms with Gasteiger partial charge in [-0.05, 0) is 48.9 Å². The summed E-state index contributed by atoms with van der Waals surface area (Å²) >= 11 is 5.67. The van der Waals surface area contributed by atoms with E-state index in [4.69, 9.17) is 11.6 Å². The Hall–Kier alpha value is -3.45. The molecule has 35 heavy (non-hydrogen) atoms. The number of aromatic nitrogens is 2. The van der Waals surface area contributed by atoms with Crippen molar-refractivity contribution in [1.29, 1.82) is 5.26 Å². The van der Waals surface area contributed by atoms with Gasteiger partial charge in [0.15, 0.2) is 0 Å². The van der Waals surface area contributed by atoms with Crippen LogP contribution in [0.15, 0.2) is 36.7 Å². The average molecular weight is 503 g/mol. The van der Waals surface area contributed by atoms with Crippen molar-refractivity contribution in [2.75, 3.05) is 30.4 Å². The Labute approximate surface area is 204 Å². The lowest BCUT2D eigenvalue weighted by Gasteiger charge is -2.29. The second kappa shape index (κ2) is 8.64. The Morgan fingerprint density at radius 2 is 2.00 bits per heavy atom. The number of nitrogens with zero attached hydrogens (tertiary/aromatic N) is 4. The third kappa shape index (κ3) is 4.25. The monoisotopic (exact) mass is 502 g/mol. The first-order chi connectivity index (χ1) is 16.7. The minimum Gasteiger partial charge on any atom is -0.370 e. The molecule has 3 aromatic rings. The molecule has 3 heterocycles. The normalized spacial score (nSPS) is 21.7. The minimum atomic E-state index is -4.60. The van der Waals surface area contributed by atoms with E-state index in [0.717, 1.165) is 41.7 Å². The predicted octanol–water partition coefficient (Wildman–Crippen LogP) is 5.49. The summed E-state index contributed by atoms with van der Waals surface area (Å²) in [7, 11) is 1.98. The van der Waals surface area contributed by atoms with Crippen molar-refractivity contribution in [3.05, 3.63) is 52.8 Å². The maximum atomic E-state index is 13.1. The highest BCUT2D eigenvalue weighted by molar-refractivity contribution is 6.31. The zero-order valence-corrected chi connectivity index (χ0v) is 19.5. The van der Waals surface area contributed by atoms with Crippen molar-refractivity contribution >= 4 is 40.0 Å². The van der Waals surface area contributed by atoms with Crippen molar-refractivity contribution in [3.63, 3.8) is 0 Å². The van der Waals surface area contributed by atoms with Gasteiger partial charge in [-0.2, -0.15) is 18.4 Å². The number of carbonyl (C=O) groups is 1. The number of likely N-dealkylation sites (tertiary alicyclic amines) is 1. The van der Waals surface area contributed by atoms with Gasteiger partial charge in [-0.15, -0.1) is 0 Å². The Kier molecular flexibility index (Phi) is 5.75. The summed E-state index contributed by atoms with van der Waals surface area (Å²) in [6.45, 7) is 1.06. The van der Waals surface area contributed by atoms with Gasteiger partial charge in [-0.3, -0.25) is 0 Å². The molecule has 182 valence electrons. The van der Waals surface area contributed by atoms with Crippen LogP contribution < -0.4 is 10.2 Å². The number of rotatable bonds is 3. The molecule has 11 heteroatoms. The van der Waals surface area contributed by atoms with Gasteiger partial charge in [0.05, 0.1) is 21.8 Å². The van der Waals surface area contributed by atoms with E-state index in [0.29, 0.717) is 18.7 Å². The molecule has 2 fully saturated rings. The van der Waals surface area contributed by atoms with Crippen molar-refractivity contribution in [2.24, 2.45) is 11.8 Å². The van der Waals surface area contributed by atoms with Crippen molar-refractivity contribution in [1.82, 2.24) is 14.9 Å². The molecule has 1 aliphatic heterocycles. The number of aromatic amines is 1. The molecule has 3 atom stereocenters. The third-order valence-corrected chi connectivity index (χ3v) is 7.44. The van der Waals surface area contributed by atoms with Gasteiger partial charge < -0.3 is 20.1 Å². The largest absolute Gasteiger partial charge is 0.417 e. The number of urea groups is 1. The van der Waals surface area contributed by atoms with Gasteiger partial charge in [0, 0.05) is 49.6 Å². The summed E-state index contributed by atoms with van der Waals surface area (Å²) in [5.74, 6) is 0.552. The van der Waals surface area contributed by atoms with E-state index in [1.165, 1.54) is 6.07 Å². The number of pyridine rings is 1. The number of anilines is 2. The van der Waals surface area contributed by atoms with Gasteiger partial charge in [0.25, 0.3) is 0 Å². The molecule has 0 bridgehead atoms. The molecule has 5 rings (SSSR count). The highest BCUT2D eigenvalue weighted by Gasteiger charge is 2.44. The summed E-state index contributed by atoms with van der Waals surface area (Å²) in [5.41, 5.74) is 1.16. The van der Waals surface area contributed by atoms with Crippen molar-refractivity contribution in [2.45, 2.75) is 25.1 Å². The number of hydrogen-bond donors (Lipinski definition) is 2. The Morgan fingerprint density at radius 3 is 2.66 bits per heavy atom. The van der Waals surface area contributed by atoms with Crippen molar-refractivity contribution in [3.8, 4) is 6.07 Å². The van der Waals surface area contributed by atoms with Crippen LogP contribution in [0.2, 0.25) is 5.02 Å². The summed E-state index contributed by atoms with van der Waals surface area (Å²) in [5, 5.41) is 12.7. The fourth-order valence-corrected chi connectivity index (χ4v) is 5.64. The minimum absolute atomic E-state index is 0.0543. The molecule has 2 amide bonds. The number of nitrogens with one attached hydrogen (secondary N) is 2. The van der Waals surface area contributed by atoms with Crippen LogP contribution in [-0.2, 0) is 6.18 Å². The SMILES string of the molecule is CN(c1c(C#N)cnc2[nH]ccc12)C1CC2CN(C(=O)Nc3ccc(Cl)c(C(F)(F)F)c3)C[C@H]2C1. The zero-order valence-electron chi connectivity index (χ0n) is 18.7. The first kappa shape index (κ1) is 23.3. The topological polar surface area (TPSA) is 88.1 Å². The lowest BCUT2D eigenvalue weighted by atomic mass is 10.0. The van der Waals surface area contributed by atoms with Gasteiger partial charge >= 0.3 is 12.2 Å². The number of benzene rings is 1. The van der Waals surface area contributed by atoms with E-state index < -0.39 is 22.8 Å². The smallest absolute Gasteiger partial charge is 0.370 e. The Bertz CT molecular complexity index is 1320. The number of fused-ring (bicyclic) bond motifs is 2. The summed E-state index contributed by atoms with van der Waals surface area (Å²) in [4.78, 5) is 24.0. The van der Waals surface area contributed by atoms with Crippen LogP contribution in [0, 0.1) is 23.2 Å². The Morgan fingerprint density at radius 1 is 1.29 bits per heavy atom. The number of nitriles is 1. The van der Waals surface area contributed by atoms with Crippen molar-refractivity contribution < 1.29 is 18.0 Å². The number of halogens is 4. The fourth-order valence-electron chi connectivity index (χ4n) is 5.41. The standard InChI is InChI=1S/C24H22ClF3N6O/c1-33(21-15(9-29)10-31-22-18(21)4-5-30-22)17-6-13-11-34(12-14(13)7-17)23(35)32-16-2-3-20(25)19(8-16)24(26,27)28/h2-5,8,10,13-14,17H,6-7,11-12H2,1H3,(H,30,31)(H,32,35)/t13-,14?,17?/m1/s1. The second-order valence-corrected chi connectivity index (χ2v) is 9.56. The van der Waals surface area contributed by atoms with Gasteiger partial charge in [-0.1, -0.05) is 11.6 Å². The molecular weight excluding hydrogens is 481 g/mol. The van der Waals surface area contributed by atoms with Crippen LogP contribution in [-0.4, -0.2) is 47.1 Å². The predicted molar refractivity (Wildman–Crippen MR) is 126 cm³/mol. The molecule has 1 saturated heterocycles. The summed E-state index contributed by atoms with van der Waals surface area (Å²) in [6.07, 6.45) is 0.476. The first-order valence-electron chi connectivity index (χ1n) is 11.2. The number of alkyl halides is 3. The van der Waals surface area contributed by atoms with E-state index in [2.05, 4.69) is 26.3 Å². The summed E-state index contributed by atoms with van der Waals surface area (Å²) < 4.78 is 39.4. The molecule has 1 aliphatic carbocycles. The molecule has 7 nitrogen and oxygen atoms in total. The highest BCUT2D eigenvalue weighted by atomic mass is 35.5. The van der Waals surface area contributed by atoms with Crippen LogP contribution in [0.3, 0.4) is 0 Å². The maximum absolute atomic E-state index is 13.1. The average Bonchev–Trinajstić information content (AvgIpc) is 3.53. The van der Waals surface area contributed by atoms with E-state index in [1.54, 1.807) is 17.3 Å². The zero-order chi connectivity index (χ0) is 24.9. The fraction of sp³-hybridized carbons (Fsp3) is 0.375. The van der Waals surface area contributed by atoms with Crippen LogP contribution in [0.25, 0.3) is 11.0 Å². The number of hydrogen-bond acceptors (Lipinski definition) is 4. The van der Waals surface area contributed by atoms with Crippen LogP contribution in [0.5, 0.6) is 0 Å². The van der Waals surface area contributed by atoms with Gasteiger partial charge in [0.1, 0.15) is 11.7 Å². The highest BCUT2D eigenvalue weighted by Crippen LogP contribution is 2.43. The molecule has 0 radical (unpaired) electrons. The Balaban J connectivity index is 1.25. The second-order valence-electron chi connectivity index (χ2n) is 9.16. The molecule has 2 aromatic heterocycles. The molecule has 1 aromatic carbocycles. The molecular formula is C24H22ClF3N6O. The van der Waals surface area contributed by atoms with E-state index in [9.17, 15) is 23.2 Å². The van der Waals surface area contributed by atoms with Crippen LogP contribution in [0.4, 0.5) is 29.3 Å². The molecule has 2 unspecified atom stereocenters. The third-order valence-electron chi connectivity index (χ3n) is 7.12. The van der Waals surface area contributed by atoms with Gasteiger partial charge in [0.2, 0.25) is 0 Å². The van der Waals surface area contributed by atoms with E-state index >= 15 is 0 Å². The molecule has 1 saturated carbocycles. The molecule has 0 spiro atoms. The van der Waals surface area contributed by atoms with Crippen LogP contribution in [0.1, 0.15) is 24.0 Å². The lowest BCUT2D eigenvalue weighted by molar-refractivity contribution is -0.137. The molecule has 2 aliphatic rings. The van der Waals surface area contributed by atoms with E-state index in [1.807, 2.05) is 13.1 Å². The van der Waals surface area contributed by atoms with Gasteiger partial charge in [-0.25, -0.2) is 9.78 Å². The lowest BCUT2D eigenvalue weighted by Crippen LogP contribution is -2.36. The van der Waals surface area contributed by atoms with Crippen LogP contribution >= 0.6 is 11.6 Å².